The second kappa shape index (κ2) is 9.17. The van der Waals surface area contributed by atoms with Crippen molar-refractivity contribution in [1.82, 2.24) is 0 Å². The van der Waals surface area contributed by atoms with Gasteiger partial charge in [-0.2, -0.15) is 0 Å². The Bertz CT molecular complexity index is 192. The minimum atomic E-state index is -0.583. The van der Waals surface area contributed by atoms with E-state index in [1.165, 1.54) is 12.8 Å². The Morgan fingerprint density at radius 1 is 1.06 bits per heavy atom. The molecule has 0 amide bonds. The molecule has 3 heteroatoms. The lowest BCUT2D eigenvalue weighted by Gasteiger charge is -2.21. The highest BCUT2D eigenvalue weighted by molar-refractivity contribution is 7.84. The molecule has 0 saturated heterocycles. The second-order valence-corrected chi connectivity index (χ2v) is 7.08. The minimum absolute atomic E-state index is 0.254. The summed E-state index contributed by atoms with van der Waals surface area (Å²) in [7, 11) is -0.583. The van der Waals surface area contributed by atoms with Gasteiger partial charge >= 0.3 is 0 Å². The van der Waals surface area contributed by atoms with E-state index in [4.69, 9.17) is 5.73 Å². The molecular formula is C13H29NOS. The highest BCUT2D eigenvalue weighted by Gasteiger charge is 2.14. The zero-order valence-corrected chi connectivity index (χ0v) is 12.1. The first-order chi connectivity index (χ1) is 7.52. The third-order valence-electron chi connectivity index (χ3n) is 3.00. The first kappa shape index (κ1) is 16.1. The average molecular weight is 247 g/mol. The molecule has 2 N–H and O–H groups in total. The van der Waals surface area contributed by atoms with Crippen molar-refractivity contribution in [3.8, 4) is 0 Å². The monoisotopic (exact) mass is 247 g/mol. The maximum atomic E-state index is 11.6. The lowest BCUT2D eigenvalue weighted by molar-refractivity contribution is 0.336. The molecule has 1 unspecified atom stereocenters. The molecule has 0 aromatic rings. The van der Waals surface area contributed by atoms with Crippen LogP contribution in [0.5, 0.6) is 0 Å². The third-order valence-corrected chi connectivity index (χ3v) is 4.49. The Morgan fingerprint density at radius 2 is 1.62 bits per heavy atom. The largest absolute Gasteiger partial charge is 0.330 e. The molecule has 0 heterocycles. The lowest BCUT2D eigenvalue weighted by Crippen LogP contribution is -2.23. The van der Waals surface area contributed by atoms with E-state index in [2.05, 4.69) is 20.8 Å². The summed E-state index contributed by atoms with van der Waals surface area (Å²) in [4.78, 5) is 0. The average Bonchev–Trinajstić information content (AvgIpc) is 2.25. The first-order valence-corrected chi connectivity index (χ1v) is 8.05. The summed E-state index contributed by atoms with van der Waals surface area (Å²) in [5.74, 6) is 1.78. The third kappa shape index (κ3) is 9.34. The molecule has 0 rings (SSSR count). The van der Waals surface area contributed by atoms with E-state index in [0.717, 1.165) is 43.7 Å². The summed E-state index contributed by atoms with van der Waals surface area (Å²) in [6.45, 7) is 7.32. The molecule has 0 aliphatic rings. The van der Waals surface area contributed by atoms with Gasteiger partial charge in [-0.05, 0) is 31.2 Å². The van der Waals surface area contributed by atoms with Crippen molar-refractivity contribution in [3.63, 3.8) is 0 Å². The van der Waals surface area contributed by atoms with Crippen molar-refractivity contribution >= 4 is 10.8 Å². The zero-order valence-electron chi connectivity index (χ0n) is 11.3. The number of rotatable bonds is 10. The van der Waals surface area contributed by atoms with Crippen molar-refractivity contribution in [2.75, 3.05) is 18.1 Å². The minimum Gasteiger partial charge on any atom is -0.330 e. The molecule has 0 radical (unpaired) electrons. The Kier molecular flexibility index (Phi) is 9.24. The van der Waals surface area contributed by atoms with Crippen LogP contribution in [0.4, 0.5) is 0 Å². The van der Waals surface area contributed by atoms with Crippen LogP contribution in [0.1, 0.15) is 59.3 Å². The maximum Gasteiger partial charge on any atom is 0.0234 e. The molecule has 0 aliphatic heterocycles. The summed E-state index contributed by atoms with van der Waals surface area (Å²) >= 11 is 0. The van der Waals surface area contributed by atoms with Gasteiger partial charge in [0.1, 0.15) is 0 Å². The zero-order chi connectivity index (χ0) is 12.4. The van der Waals surface area contributed by atoms with E-state index < -0.39 is 10.8 Å². The van der Waals surface area contributed by atoms with E-state index >= 15 is 0 Å². The molecular weight excluding hydrogens is 218 g/mol. The van der Waals surface area contributed by atoms with Crippen LogP contribution < -0.4 is 5.73 Å². The molecule has 0 aromatic carbocycles. The standard InChI is InChI=1S/C13H29NOS/c1-4-5-7-10-16(15)11-8-6-9-13(2,3)12-14/h4-12,14H2,1-3H3. The molecule has 0 aromatic heterocycles. The van der Waals surface area contributed by atoms with E-state index in [0.29, 0.717) is 0 Å². The number of hydrogen-bond donors (Lipinski definition) is 1. The fourth-order valence-corrected chi connectivity index (χ4v) is 2.84. The van der Waals surface area contributed by atoms with Gasteiger partial charge in [0, 0.05) is 22.3 Å². The van der Waals surface area contributed by atoms with Crippen LogP contribution in [0.15, 0.2) is 0 Å². The van der Waals surface area contributed by atoms with Crippen LogP contribution in [-0.2, 0) is 10.8 Å². The van der Waals surface area contributed by atoms with Gasteiger partial charge in [-0.3, -0.25) is 4.21 Å². The van der Waals surface area contributed by atoms with Crippen molar-refractivity contribution in [2.45, 2.75) is 59.3 Å². The highest BCUT2D eigenvalue weighted by Crippen LogP contribution is 2.21. The van der Waals surface area contributed by atoms with Crippen LogP contribution in [0.2, 0.25) is 0 Å². The fraction of sp³-hybridized carbons (Fsp3) is 1.00. The molecule has 16 heavy (non-hydrogen) atoms. The Labute approximate surface area is 104 Å². The van der Waals surface area contributed by atoms with Gasteiger partial charge in [-0.25, -0.2) is 0 Å². The van der Waals surface area contributed by atoms with Crippen molar-refractivity contribution in [3.05, 3.63) is 0 Å². The van der Waals surface area contributed by atoms with Gasteiger partial charge in [0.15, 0.2) is 0 Å². The summed E-state index contributed by atoms with van der Waals surface area (Å²) < 4.78 is 11.6. The van der Waals surface area contributed by atoms with Gasteiger partial charge in [0.25, 0.3) is 0 Å². The van der Waals surface area contributed by atoms with Crippen molar-refractivity contribution in [1.29, 1.82) is 0 Å². The maximum absolute atomic E-state index is 11.6. The predicted octanol–water partition coefficient (Wildman–Crippen LogP) is 3.08. The summed E-state index contributed by atoms with van der Waals surface area (Å²) in [5.41, 5.74) is 5.92. The fourth-order valence-electron chi connectivity index (χ4n) is 1.58. The summed E-state index contributed by atoms with van der Waals surface area (Å²) in [6, 6.07) is 0. The van der Waals surface area contributed by atoms with Crippen LogP contribution in [0.25, 0.3) is 0 Å². The van der Waals surface area contributed by atoms with Crippen LogP contribution in [-0.4, -0.2) is 22.3 Å². The summed E-state index contributed by atoms with van der Waals surface area (Å²) in [5, 5.41) is 0. The lowest BCUT2D eigenvalue weighted by atomic mass is 9.88. The quantitative estimate of drug-likeness (QED) is 0.603. The predicted molar refractivity (Wildman–Crippen MR) is 74.1 cm³/mol. The van der Waals surface area contributed by atoms with E-state index in [-0.39, 0.29) is 5.41 Å². The van der Waals surface area contributed by atoms with Gasteiger partial charge in [0.2, 0.25) is 0 Å². The van der Waals surface area contributed by atoms with Crippen molar-refractivity contribution < 1.29 is 4.21 Å². The smallest absolute Gasteiger partial charge is 0.0234 e. The number of nitrogens with two attached hydrogens (primary N) is 1. The topological polar surface area (TPSA) is 43.1 Å². The molecule has 1 atom stereocenters. The molecule has 0 saturated carbocycles. The Balaban J connectivity index is 3.41. The molecule has 98 valence electrons. The molecule has 2 nitrogen and oxygen atoms in total. The van der Waals surface area contributed by atoms with Crippen LogP contribution in [0, 0.1) is 5.41 Å². The molecule has 0 spiro atoms. The van der Waals surface area contributed by atoms with Crippen LogP contribution >= 0.6 is 0 Å². The van der Waals surface area contributed by atoms with Gasteiger partial charge in [-0.15, -0.1) is 0 Å². The van der Waals surface area contributed by atoms with Gasteiger partial charge in [0.05, 0.1) is 0 Å². The first-order valence-electron chi connectivity index (χ1n) is 6.57. The SMILES string of the molecule is CCCCCS(=O)CCCCC(C)(C)CN. The second-order valence-electron chi connectivity index (χ2n) is 5.38. The van der Waals surface area contributed by atoms with E-state index in [1.54, 1.807) is 0 Å². The molecule has 0 aliphatic carbocycles. The van der Waals surface area contributed by atoms with Gasteiger partial charge in [-0.1, -0.05) is 40.0 Å². The van der Waals surface area contributed by atoms with E-state index in [1.807, 2.05) is 0 Å². The molecule has 0 fully saturated rings. The van der Waals surface area contributed by atoms with Gasteiger partial charge < -0.3 is 5.73 Å². The van der Waals surface area contributed by atoms with Crippen LogP contribution in [0.3, 0.4) is 0 Å². The highest BCUT2D eigenvalue weighted by atomic mass is 32.2. The summed E-state index contributed by atoms with van der Waals surface area (Å²) in [6.07, 6.45) is 6.94. The number of hydrogen-bond acceptors (Lipinski definition) is 2. The Morgan fingerprint density at radius 3 is 2.12 bits per heavy atom. The van der Waals surface area contributed by atoms with E-state index in [9.17, 15) is 4.21 Å². The number of unbranched alkanes of at least 4 members (excludes halogenated alkanes) is 3. The van der Waals surface area contributed by atoms with Crippen molar-refractivity contribution in [2.24, 2.45) is 11.1 Å². The normalized spacial score (nSPS) is 14.0. The molecule has 0 bridgehead atoms. The Hall–Kier alpha value is 0.110.